The van der Waals surface area contributed by atoms with Gasteiger partial charge in [0.15, 0.2) is 0 Å². The number of alkyl halides is 3. The van der Waals surface area contributed by atoms with E-state index >= 15 is 0 Å². The Bertz CT molecular complexity index is 2040. The van der Waals surface area contributed by atoms with Crippen LogP contribution in [0.5, 0.6) is 0 Å². The Morgan fingerprint density at radius 1 is 0.891 bits per heavy atom. The van der Waals surface area contributed by atoms with Gasteiger partial charge in [-0.1, -0.05) is 60.7 Å². The molecular weight excluding hydrogens is 619 g/mol. The first-order valence-electron chi connectivity index (χ1n) is 14.3. The number of carbonyl (C=O) groups excluding carboxylic acids is 2. The molecule has 0 saturated carbocycles. The monoisotopic (exact) mass is 647 g/mol. The fourth-order valence-corrected chi connectivity index (χ4v) is 7.36. The van der Waals surface area contributed by atoms with Crippen LogP contribution in [0.2, 0.25) is 0 Å². The smallest absolute Gasteiger partial charge is 0.383 e. The van der Waals surface area contributed by atoms with Gasteiger partial charge in [-0.05, 0) is 48.0 Å². The van der Waals surface area contributed by atoms with E-state index in [1.54, 1.807) is 66.7 Å². The van der Waals surface area contributed by atoms with E-state index in [4.69, 9.17) is 4.74 Å². The van der Waals surface area contributed by atoms with E-state index < -0.39 is 45.5 Å². The summed E-state index contributed by atoms with van der Waals surface area (Å²) in [5.74, 6) is -2.21. The van der Waals surface area contributed by atoms with Crippen molar-refractivity contribution in [2.45, 2.75) is 23.0 Å². The molecule has 0 unspecified atom stereocenters. The molecule has 1 aliphatic rings. The summed E-state index contributed by atoms with van der Waals surface area (Å²) in [4.78, 5) is 29.8. The highest BCUT2D eigenvalue weighted by atomic mass is 32.2. The first-order valence-corrected chi connectivity index (χ1v) is 15.7. The third kappa shape index (κ3) is 5.54. The zero-order valence-corrected chi connectivity index (χ0v) is 25.3. The maximum Gasteiger partial charge on any atom is 0.416 e. The Labute approximate surface area is 263 Å². The molecule has 0 aliphatic carbocycles. The molecule has 5 aromatic rings. The Hall–Kier alpha value is -4.94. The Balaban J connectivity index is 1.56. The number of nitrogens with one attached hydrogen (secondary N) is 1. The number of fused-ring (bicyclic) bond motifs is 2. The van der Waals surface area contributed by atoms with Gasteiger partial charge in [-0.15, -0.1) is 0 Å². The molecule has 2 amide bonds. The van der Waals surface area contributed by atoms with E-state index in [-0.39, 0.29) is 29.3 Å². The zero-order valence-electron chi connectivity index (χ0n) is 24.4. The van der Waals surface area contributed by atoms with Gasteiger partial charge in [0.2, 0.25) is 5.91 Å². The minimum Gasteiger partial charge on any atom is -0.383 e. The Morgan fingerprint density at radius 3 is 2.33 bits per heavy atom. The molecule has 0 bridgehead atoms. The van der Waals surface area contributed by atoms with E-state index in [0.717, 1.165) is 16.1 Å². The number of anilines is 1. The molecule has 46 heavy (non-hydrogen) atoms. The molecule has 0 fully saturated rings. The van der Waals surface area contributed by atoms with E-state index in [2.05, 4.69) is 5.32 Å². The number of rotatable bonds is 8. The van der Waals surface area contributed by atoms with Crippen molar-refractivity contribution in [3.63, 3.8) is 0 Å². The first-order chi connectivity index (χ1) is 22.0. The third-order valence-corrected chi connectivity index (χ3v) is 9.73. The molecule has 1 aliphatic heterocycles. The van der Waals surface area contributed by atoms with Crippen LogP contribution in [0.3, 0.4) is 0 Å². The molecule has 0 radical (unpaired) electrons. The number of para-hydroxylation sites is 1. The largest absolute Gasteiger partial charge is 0.416 e. The second-order valence-corrected chi connectivity index (χ2v) is 12.6. The number of ether oxygens (including phenoxy) is 1. The molecule has 0 spiro atoms. The van der Waals surface area contributed by atoms with Crippen molar-refractivity contribution in [1.29, 1.82) is 0 Å². The maximum atomic E-state index is 14.3. The molecule has 8 nitrogen and oxygen atoms in total. The summed E-state index contributed by atoms with van der Waals surface area (Å²) in [7, 11) is -2.65. The summed E-state index contributed by atoms with van der Waals surface area (Å²) in [6, 6.07) is 24.4. The maximum absolute atomic E-state index is 14.3. The number of hydrogen-bond donors (Lipinski definition) is 1. The second-order valence-electron chi connectivity index (χ2n) is 10.8. The van der Waals surface area contributed by atoms with Crippen LogP contribution in [-0.2, 0) is 25.7 Å². The van der Waals surface area contributed by atoms with Gasteiger partial charge < -0.3 is 15.0 Å². The molecule has 0 saturated heterocycles. The molecule has 1 N–H and O–H groups in total. The topological polar surface area (TPSA) is 97.7 Å². The van der Waals surface area contributed by atoms with E-state index in [1.165, 1.54) is 42.5 Å². The zero-order chi connectivity index (χ0) is 32.6. The lowest BCUT2D eigenvalue weighted by atomic mass is 9.79. The van der Waals surface area contributed by atoms with Crippen LogP contribution in [0, 0.1) is 0 Å². The summed E-state index contributed by atoms with van der Waals surface area (Å²) in [5.41, 5.74) is 0.301. The lowest BCUT2D eigenvalue weighted by Crippen LogP contribution is -2.47. The quantitative estimate of drug-likeness (QED) is 0.209. The van der Waals surface area contributed by atoms with Crippen LogP contribution in [0.15, 0.2) is 114 Å². The second kappa shape index (κ2) is 12.1. The number of hydrogen-bond acceptors (Lipinski definition) is 5. The molecule has 2 atom stereocenters. The molecule has 2 heterocycles. The number of amides is 2. The number of methoxy groups -OCH3 is 1. The van der Waals surface area contributed by atoms with Gasteiger partial charge in [0, 0.05) is 42.1 Å². The summed E-state index contributed by atoms with van der Waals surface area (Å²) >= 11 is 0. The van der Waals surface area contributed by atoms with Crippen LogP contribution in [0.25, 0.3) is 10.9 Å². The van der Waals surface area contributed by atoms with Crippen molar-refractivity contribution < 1.29 is 35.9 Å². The molecular formula is C34H28F3N3O5S. The molecule has 12 heteroatoms. The van der Waals surface area contributed by atoms with Gasteiger partial charge in [-0.2, -0.15) is 13.2 Å². The first kappa shape index (κ1) is 31.1. The highest BCUT2D eigenvalue weighted by Crippen LogP contribution is 2.46. The van der Waals surface area contributed by atoms with Crippen molar-refractivity contribution in [3.8, 4) is 0 Å². The fourth-order valence-electron chi connectivity index (χ4n) is 5.97. The average molecular weight is 648 g/mol. The van der Waals surface area contributed by atoms with Crippen LogP contribution in [0.4, 0.5) is 18.9 Å². The summed E-state index contributed by atoms with van der Waals surface area (Å²) < 4.78 is 74.8. The van der Waals surface area contributed by atoms with Crippen molar-refractivity contribution in [3.05, 3.63) is 132 Å². The van der Waals surface area contributed by atoms with Crippen molar-refractivity contribution in [1.82, 2.24) is 8.87 Å². The molecule has 4 aromatic carbocycles. The van der Waals surface area contributed by atoms with Gasteiger partial charge in [-0.3, -0.25) is 9.59 Å². The third-order valence-electron chi connectivity index (χ3n) is 8.04. The SMILES string of the molecule is COCCN1C(=O)c2ccccc2[C@H](C(=O)Nc2cccc(C(F)(F)F)c2)[C@@H]1c1cn(S(=O)(=O)c2ccccc2)c2ccccc12. The van der Waals surface area contributed by atoms with Crippen LogP contribution >= 0.6 is 0 Å². The number of aromatic nitrogens is 1. The highest BCUT2D eigenvalue weighted by Gasteiger charge is 2.45. The van der Waals surface area contributed by atoms with Crippen molar-refractivity contribution in [2.24, 2.45) is 0 Å². The van der Waals surface area contributed by atoms with Crippen LogP contribution in [-0.4, -0.2) is 49.4 Å². The minimum atomic E-state index is -4.63. The minimum absolute atomic E-state index is 0.0439. The number of benzene rings is 4. The predicted molar refractivity (Wildman–Crippen MR) is 166 cm³/mol. The van der Waals surface area contributed by atoms with Gasteiger partial charge in [-0.25, -0.2) is 12.4 Å². The van der Waals surface area contributed by atoms with E-state index in [0.29, 0.717) is 22.0 Å². The van der Waals surface area contributed by atoms with Crippen LogP contribution < -0.4 is 5.32 Å². The molecule has 6 rings (SSSR count). The van der Waals surface area contributed by atoms with Gasteiger partial charge >= 0.3 is 6.18 Å². The standard InChI is InChI=1S/C34H28F3N3O5S/c1-45-19-18-39-31(28-21-40(29-17-8-7-14-25(28)29)46(43,44)24-12-3-2-4-13-24)30(26-15-5-6-16-27(26)33(39)42)32(41)38-23-11-9-10-22(20-23)34(35,36)37/h2-17,20-21,30-31H,18-19H2,1H3,(H,38,41)/t30-,31-/m0/s1. The van der Waals surface area contributed by atoms with Crippen molar-refractivity contribution >= 4 is 38.4 Å². The highest BCUT2D eigenvalue weighted by molar-refractivity contribution is 7.90. The number of halogens is 3. The molecule has 236 valence electrons. The fraction of sp³-hybridized carbons (Fsp3) is 0.176. The summed E-state index contributed by atoms with van der Waals surface area (Å²) in [6.07, 6.45) is -3.21. The van der Waals surface area contributed by atoms with Gasteiger partial charge in [0.05, 0.1) is 34.5 Å². The predicted octanol–water partition coefficient (Wildman–Crippen LogP) is 6.46. The lowest BCUT2D eigenvalue weighted by Gasteiger charge is -2.41. The summed E-state index contributed by atoms with van der Waals surface area (Å²) in [6.45, 7) is 0.153. The van der Waals surface area contributed by atoms with E-state index in [1.807, 2.05) is 0 Å². The Morgan fingerprint density at radius 2 is 1.59 bits per heavy atom. The van der Waals surface area contributed by atoms with Gasteiger partial charge in [0.1, 0.15) is 0 Å². The van der Waals surface area contributed by atoms with Crippen LogP contribution in [0.1, 0.15) is 39.0 Å². The number of carbonyl (C=O) groups is 2. The molecule has 1 aromatic heterocycles. The lowest BCUT2D eigenvalue weighted by molar-refractivity contribution is -0.137. The normalized spacial score (nSPS) is 16.8. The summed E-state index contributed by atoms with van der Waals surface area (Å²) in [5, 5.41) is 3.12. The van der Waals surface area contributed by atoms with Gasteiger partial charge in [0.25, 0.3) is 15.9 Å². The van der Waals surface area contributed by atoms with Crippen molar-refractivity contribution in [2.75, 3.05) is 25.6 Å². The average Bonchev–Trinajstić information content (AvgIpc) is 3.44. The van der Waals surface area contributed by atoms with E-state index in [9.17, 15) is 31.2 Å². The number of nitrogens with zero attached hydrogens (tertiary/aromatic N) is 2. The Kier molecular flexibility index (Phi) is 8.17.